The topological polar surface area (TPSA) is 38.3 Å². The van der Waals surface area contributed by atoms with Crippen molar-refractivity contribution in [1.29, 1.82) is 0 Å². The van der Waals surface area contributed by atoms with Gasteiger partial charge in [0.25, 0.3) is 0 Å². The van der Waals surface area contributed by atoms with Crippen LogP contribution in [0.4, 0.5) is 17.6 Å². The van der Waals surface area contributed by atoms with Crippen molar-refractivity contribution < 1.29 is 27.1 Å². The van der Waals surface area contributed by atoms with Gasteiger partial charge in [-0.15, -0.1) is 0 Å². The lowest BCUT2D eigenvalue weighted by Gasteiger charge is -2.24. The van der Waals surface area contributed by atoms with Gasteiger partial charge in [0.15, 0.2) is 0 Å². The summed E-state index contributed by atoms with van der Waals surface area (Å²) in [6.45, 7) is -0.336. The van der Waals surface area contributed by atoms with Gasteiger partial charge in [-0.2, -0.15) is 13.2 Å². The number of carbonyl (C=O) groups is 1. The molecule has 0 spiro atoms. The van der Waals surface area contributed by atoms with Crippen LogP contribution in [0.25, 0.3) is 0 Å². The number of halogens is 4. The highest BCUT2D eigenvalue weighted by molar-refractivity contribution is 5.77. The number of nitrogens with one attached hydrogen (secondary N) is 1. The molecule has 1 amide bonds. The van der Waals surface area contributed by atoms with Gasteiger partial charge in [0, 0.05) is 12.1 Å². The van der Waals surface area contributed by atoms with E-state index in [2.05, 4.69) is 5.32 Å². The summed E-state index contributed by atoms with van der Waals surface area (Å²) < 4.78 is 56.3. The van der Waals surface area contributed by atoms with Crippen molar-refractivity contribution in [3.05, 3.63) is 35.1 Å². The smallest absolute Gasteiger partial charge is 0.362 e. The number of ether oxygens (including phenoxy) is 1. The SMILES string of the molecule is O=C1COC(c2cccc(C(F)(F)F)c2F)CN1. The first-order valence-electron chi connectivity index (χ1n) is 5.13. The van der Waals surface area contributed by atoms with Crippen molar-refractivity contribution in [1.82, 2.24) is 5.32 Å². The third kappa shape index (κ3) is 2.45. The Bertz CT molecular complexity index is 463. The van der Waals surface area contributed by atoms with E-state index in [4.69, 9.17) is 4.74 Å². The van der Waals surface area contributed by atoms with Gasteiger partial charge in [-0.05, 0) is 6.07 Å². The zero-order chi connectivity index (χ0) is 13.3. The van der Waals surface area contributed by atoms with Crippen molar-refractivity contribution in [2.45, 2.75) is 12.3 Å². The molecule has 1 unspecified atom stereocenters. The molecule has 2 rings (SSSR count). The van der Waals surface area contributed by atoms with Crippen LogP contribution in [0, 0.1) is 5.82 Å². The van der Waals surface area contributed by atoms with E-state index in [-0.39, 0.29) is 24.6 Å². The largest absolute Gasteiger partial charge is 0.419 e. The Hall–Kier alpha value is -1.63. The third-order valence-corrected chi connectivity index (χ3v) is 2.58. The van der Waals surface area contributed by atoms with Crippen molar-refractivity contribution in [2.24, 2.45) is 0 Å². The molecule has 1 N–H and O–H groups in total. The van der Waals surface area contributed by atoms with Crippen LogP contribution in [0.1, 0.15) is 17.2 Å². The molecule has 3 nitrogen and oxygen atoms in total. The van der Waals surface area contributed by atoms with Gasteiger partial charge in [-0.25, -0.2) is 4.39 Å². The van der Waals surface area contributed by atoms with Gasteiger partial charge < -0.3 is 10.1 Å². The highest BCUT2D eigenvalue weighted by Gasteiger charge is 2.36. The molecule has 1 aromatic rings. The highest BCUT2D eigenvalue weighted by atomic mass is 19.4. The summed E-state index contributed by atoms with van der Waals surface area (Å²) >= 11 is 0. The highest BCUT2D eigenvalue weighted by Crippen LogP contribution is 2.34. The Labute approximate surface area is 99.7 Å². The fourth-order valence-corrected chi connectivity index (χ4v) is 1.71. The minimum absolute atomic E-state index is 0.0446. The number of alkyl halides is 3. The van der Waals surface area contributed by atoms with Crippen LogP contribution in [0.2, 0.25) is 0 Å². The van der Waals surface area contributed by atoms with E-state index in [1.165, 1.54) is 6.07 Å². The Morgan fingerprint density at radius 1 is 1.33 bits per heavy atom. The summed E-state index contributed by atoms with van der Waals surface area (Å²) in [5, 5.41) is 2.40. The summed E-state index contributed by atoms with van der Waals surface area (Å²) in [7, 11) is 0. The maximum absolute atomic E-state index is 13.7. The monoisotopic (exact) mass is 263 g/mol. The molecule has 0 bridgehead atoms. The second kappa shape index (κ2) is 4.56. The molecule has 1 aromatic carbocycles. The maximum atomic E-state index is 13.7. The van der Waals surface area contributed by atoms with Gasteiger partial charge in [0.2, 0.25) is 5.91 Å². The van der Waals surface area contributed by atoms with Crippen LogP contribution in [0.15, 0.2) is 18.2 Å². The zero-order valence-corrected chi connectivity index (χ0v) is 9.05. The predicted molar refractivity (Wildman–Crippen MR) is 53.1 cm³/mol. The van der Waals surface area contributed by atoms with E-state index in [0.29, 0.717) is 6.07 Å². The van der Waals surface area contributed by atoms with Crippen molar-refractivity contribution in [2.75, 3.05) is 13.2 Å². The van der Waals surface area contributed by atoms with Crippen molar-refractivity contribution >= 4 is 5.91 Å². The van der Waals surface area contributed by atoms with Gasteiger partial charge in [-0.3, -0.25) is 4.79 Å². The maximum Gasteiger partial charge on any atom is 0.419 e. The lowest BCUT2D eigenvalue weighted by Crippen LogP contribution is -2.39. The van der Waals surface area contributed by atoms with Gasteiger partial charge in [0.1, 0.15) is 18.5 Å². The second-order valence-electron chi connectivity index (χ2n) is 3.81. The zero-order valence-electron chi connectivity index (χ0n) is 9.05. The number of hydrogen-bond acceptors (Lipinski definition) is 2. The minimum Gasteiger partial charge on any atom is -0.362 e. The molecular formula is C11H9F4NO2. The third-order valence-electron chi connectivity index (χ3n) is 2.58. The van der Waals surface area contributed by atoms with E-state index in [0.717, 1.165) is 6.07 Å². The summed E-state index contributed by atoms with van der Waals surface area (Å²) in [6.07, 6.45) is -5.65. The molecule has 7 heteroatoms. The normalized spacial score (nSPS) is 20.7. The molecule has 18 heavy (non-hydrogen) atoms. The number of hydrogen-bond donors (Lipinski definition) is 1. The van der Waals surface area contributed by atoms with Crippen LogP contribution in [0.5, 0.6) is 0 Å². The molecule has 0 radical (unpaired) electrons. The lowest BCUT2D eigenvalue weighted by atomic mass is 10.0. The molecule has 1 heterocycles. The van der Waals surface area contributed by atoms with E-state index in [1.807, 2.05) is 0 Å². The van der Waals surface area contributed by atoms with Crippen molar-refractivity contribution in [3.63, 3.8) is 0 Å². The van der Waals surface area contributed by atoms with E-state index < -0.39 is 23.7 Å². The lowest BCUT2D eigenvalue weighted by molar-refractivity contribution is -0.141. The molecule has 0 saturated carbocycles. The van der Waals surface area contributed by atoms with Gasteiger partial charge >= 0.3 is 6.18 Å². The minimum atomic E-state index is -4.75. The molecule has 1 aliphatic rings. The predicted octanol–water partition coefficient (Wildman–Crippen LogP) is 2.03. The number of morpholine rings is 1. The first-order valence-corrected chi connectivity index (χ1v) is 5.13. The van der Waals surface area contributed by atoms with Crippen LogP contribution in [-0.2, 0) is 15.7 Å². The second-order valence-corrected chi connectivity index (χ2v) is 3.81. The summed E-state index contributed by atoms with van der Waals surface area (Å²) in [5.41, 5.74) is -1.54. The van der Waals surface area contributed by atoms with E-state index in [9.17, 15) is 22.4 Å². The van der Waals surface area contributed by atoms with Crippen molar-refractivity contribution in [3.8, 4) is 0 Å². The fraction of sp³-hybridized carbons (Fsp3) is 0.364. The molecular weight excluding hydrogens is 254 g/mol. The fourth-order valence-electron chi connectivity index (χ4n) is 1.71. The Morgan fingerprint density at radius 3 is 2.61 bits per heavy atom. The first kappa shape index (κ1) is 12.8. The summed E-state index contributed by atoms with van der Waals surface area (Å²) in [6, 6.07) is 2.99. The van der Waals surface area contributed by atoms with Crippen LogP contribution < -0.4 is 5.32 Å². The van der Waals surface area contributed by atoms with E-state index >= 15 is 0 Å². The number of carbonyl (C=O) groups excluding carboxylic acids is 1. The molecule has 1 atom stereocenters. The van der Waals surface area contributed by atoms with Crippen LogP contribution in [-0.4, -0.2) is 19.1 Å². The molecule has 1 aliphatic heterocycles. The quantitative estimate of drug-likeness (QED) is 0.787. The summed E-state index contributed by atoms with van der Waals surface area (Å²) in [4.78, 5) is 10.8. The van der Waals surface area contributed by atoms with Gasteiger partial charge in [-0.1, -0.05) is 12.1 Å². The molecule has 98 valence electrons. The molecule has 0 aliphatic carbocycles. The summed E-state index contributed by atoms with van der Waals surface area (Å²) in [5.74, 6) is -1.73. The van der Waals surface area contributed by atoms with Crippen LogP contribution in [0.3, 0.4) is 0 Å². The Morgan fingerprint density at radius 2 is 2.06 bits per heavy atom. The average molecular weight is 263 g/mol. The number of amides is 1. The van der Waals surface area contributed by atoms with E-state index in [1.54, 1.807) is 0 Å². The Balaban J connectivity index is 2.32. The molecule has 1 saturated heterocycles. The van der Waals surface area contributed by atoms with Gasteiger partial charge in [0.05, 0.1) is 5.56 Å². The Kier molecular flexibility index (Phi) is 3.25. The molecule has 1 fully saturated rings. The molecule has 0 aromatic heterocycles. The average Bonchev–Trinajstić information content (AvgIpc) is 2.29. The number of rotatable bonds is 1. The van der Waals surface area contributed by atoms with Crippen LogP contribution >= 0.6 is 0 Å². The standard InChI is InChI=1S/C11H9F4NO2/c12-10-6(8-4-16-9(17)5-18-8)2-1-3-7(10)11(13,14)15/h1-3,8H,4-5H2,(H,16,17). The number of benzene rings is 1. The first-order chi connectivity index (χ1) is 8.39.